The fourth-order valence-electron chi connectivity index (χ4n) is 1.41. The molecule has 1 N–H and O–H groups in total. The number of benzene rings is 1. The maximum absolute atomic E-state index is 10.8. The number of carboxylic acid groups (broad SMARTS) is 1. The Hall–Kier alpha value is -1.35. The molecule has 3 heteroatoms. The first-order valence-electron chi connectivity index (χ1n) is 5.87. The first-order valence-corrected chi connectivity index (χ1v) is 5.87. The Morgan fingerprint density at radius 3 is 2.53 bits per heavy atom. The molecule has 0 bridgehead atoms. The van der Waals surface area contributed by atoms with E-state index in [0.717, 1.165) is 12.8 Å². The van der Waals surface area contributed by atoms with Crippen LogP contribution in [-0.4, -0.2) is 24.3 Å². The highest BCUT2D eigenvalue weighted by atomic mass is 16.5. The molecule has 0 aliphatic heterocycles. The van der Waals surface area contributed by atoms with Crippen LogP contribution in [0.25, 0.3) is 0 Å². The number of carbonyl (C=O) groups is 1. The zero-order chi connectivity index (χ0) is 12.7. The quantitative estimate of drug-likeness (QED) is 0.740. The van der Waals surface area contributed by atoms with Crippen LogP contribution in [0.5, 0.6) is 0 Å². The van der Waals surface area contributed by atoms with Crippen molar-refractivity contribution in [1.82, 2.24) is 0 Å². The highest BCUT2D eigenvalue weighted by Crippen LogP contribution is 2.15. The molecule has 0 radical (unpaired) electrons. The van der Waals surface area contributed by atoms with Gasteiger partial charge in [0.15, 0.2) is 0 Å². The summed E-state index contributed by atoms with van der Waals surface area (Å²) in [6, 6.07) is 10.2. The van der Waals surface area contributed by atoms with Gasteiger partial charge in [-0.1, -0.05) is 30.3 Å². The van der Waals surface area contributed by atoms with Crippen molar-refractivity contribution in [1.29, 1.82) is 0 Å². The van der Waals surface area contributed by atoms with Gasteiger partial charge in [-0.15, -0.1) is 0 Å². The van der Waals surface area contributed by atoms with Gasteiger partial charge in [-0.25, -0.2) is 0 Å². The fourth-order valence-corrected chi connectivity index (χ4v) is 1.41. The molecule has 0 aliphatic carbocycles. The first kappa shape index (κ1) is 13.7. The molecule has 0 spiro atoms. The Morgan fingerprint density at radius 1 is 1.29 bits per heavy atom. The maximum Gasteiger partial charge on any atom is 0.311 e. The molecule has 0 amide bonds. The van der Waals surface area contributed by atoms with Gasteiger partial charge < -0.3 is 9.84 Å². The number of ether oxygens (including phenoxy) is 1. The van der Waals surface area contributed by atoms with Gasteiger partial charge in [0, 0.05) is 6.61 Å². The number of carboxylic acids is 1. The van der Waals surface area contributed by atoms with Crippen LogP contribution in [0.4, 0.5) is 0 Å². The standard InChI is InChI=1S/C14H20O3/c1-14(2,13(15)16)11-17-10-6-9-12-7-4-3-5-8-12/h3-5,7-8H,6,9-11H2,1-2H3,(H,15,16). The van der Waals surface area contributed by atoms with Crippen LogP contribution in [0.15, 0.2) is 30.3 Å². The van der Waals surface area contributed by atoms with Crippen molar-refractivity contribution in [3.05, 3.63) is 35.9 Å². The second kappa shape index (κ2) is 6.40. The molecule has 0 heterocycles. The minimum absolute atomic E-state index is 0.261. The average molecular weight is 236 g/mol. The van der Waals surface area contributed by atoms with E-state index in [9.17, 15) is 4.79 Å². The molecule has 17 heavy (non-hydrogen) atoms. The first-order chi connectivity index (χ1) is 8.02. The number of rotatable bonds is 7. The molecule has 1 rings (SSSR count). The van der Waals surface area contributed by atoms with E-state index in [-0.39, 0.29) is 6.61 Å². The summed E-state index contributed by atoms with van der Waals surface area (Å²) >= 11 is 0. The minimum atomic E-state index is -0.819. The Morgan fingerprint density at radius 2 is 1.94 bits per heavy atom. The van der Waals surface area contributed by atoms with Crippen molar-refractivity contribution in [3.8, 4) is 0 Å². The van der Waals surface area contributed by atoms with Gasteiger partial charge >= 0.3 is 5.97 Å². The van der Waals surface area contributed by atoms with Gasteiger partial charge in [-0.2, -0.15) is 0 Å². The summed E-state index contributed by atoms with van der Waals surface area (Å²) in [5.41, 5.74) is 0.487. The van der Waals surface area contributed by atoms with Gasteiger partial charge in [-0.05, 0) is 32.3 Å². The van der Waals surface area contributed by atoms with E-state index in [1.807, 2.05) is 18.2 Å². The smallest absolute Gasteiger partial charge is 0.311 e. The molecule has 94 valence electrons. The van der Waals surface area contributed by atoms with Crippen molar-refractivity contribution in [2.24, 2.45) is 5.41 Å². The summed E-state index contributed by atoms with van der Waals surface area (Å²) in [7, 11) is 0. The van der Waals surface area contributed by atoms with E-state index < -0.39 is 11.4 Å². The van der Waals surface area contributed by atoms with Crippen molar-refractivity contribution >= 4 is 5.97 Å². The topological polar surface area (TPSA) is 46.5 Å². The Kier molecular flexibility index (Phi) is 5.16. The lowest BCUT2D eigenvalue weighted by Gasteiger charge is -2.18. The van der Waals surface area contributed by atoms with Crippen molar-refractivity contribution in [2.45, 2.75) is 26.7 Å². The Balaban J connectivity index is 2.15. The van der Waals surface area contributed by atoms with Crippen LogP contribution < -0.4 is 0 Å². The molecule has 0 fully saturated rings. The third-order valence-corrected chi connectivity index (χ3v) is 2.64. The molecule has 0 atom stereocenters. The molecule has 1 aromatic rings. The Bertz CT molecular complexity index is 344. The Labute approximate surface area is 102 Å². The van der Waals surface area contributed by atoms with E-state index >= 15 is 0 Å². The van der Waals surface area contributed by atoms with Crippen LogP contribution in [-0.2, 0) is 16.0 Å². The highest BCUT2D eigenvalue weighted by Gasteiger charge is 2.27. The van der Waals surface area contributed by atoms with Crippen molar-refractivity contribution in [2.75, 3.05) is 13.2 Å². The zero-order valence-electron chi connectivity index (χ0n) is 10.5. The number of hydrogen-bond acceptors (Lipinski definition) is 2. The molecule has 3 nitrogen and oxygen atoms in total. The van der Waals surface area contributed by atoms with Gasteiger partial charge in [0.25, 0.3) is 0 Å². The fraction of sp³-hybridized carbons (Fsp3) is 0.500. The summed E-state index contributed by atoms with van der Waals surface area (Å²) in [6.45, 7) is 4.21. The molecule has 0 saturated carbocycles. The molecule has 0 unspecified atom stereocenters. The molecule has 1 aromatic carbocycles. The number of aryl methyl sites for hydroxylation is 1. The molecule has 0 saturated heterocycles. The second-order valence-corrected chi connectivity index (χ2v) is 4.83. The van der Waals surface area contributed by atoms with E-state index in [1.54, 1.807) is 13.8 Å². The summed E-state index contributed by atoms with van der Waals surface area (Å²) in [6.07, 6.45) is 1.88. The molecule has 0 aromatic heterocycles. The summed E-state index contributed by atoms with van der Waals surface area (Å²) in [5.74, 6) is -0.819. The largest absolute Gasteiger partial charge is 0.481 e. The molecular formula is C14H20O3. The predicted octanol–water partition coefficient (Wildman–Crippen LogP) is 2.75. The van der Waals surface area contributed by atoms with Gasteiger partial charge in [-0.3, -0.25) is 4.79 Å². The third-order valence-electron chi connectivity index (χ3n) is 2.64. The normalized spacial score (nSPS) is 11.4. The SMILES string of the molecule is CC(C)(COCCCc1ccccc1)C(=O)O. The van der Waals surface area contributed by atoms with Crippen molar-refractivity contribution in [3.63, 3.8) is 0 Å². The van der Waals surface area contributed by atoms with Gasteiger partial charge in [0.1, 0.15) is 0 Å². The lowest BCUT2D eigenvalue weighted by molar-refractivity contribution is -0.150. The monoisotopic (exact) mass is 236 g/mol. The van der Waals surface area contributed by atoms with Gasteiger partial charge in [0.2, 0.25) is 0 Å². The summed E-state index contributed by atoms with van der Waals surface area (Å²) in [5, 5.41) is 8.90. The van der Waals surface area contributed by atoms with Crippen LogP contribution in [0, 0.1) is 5.41 Å². The van der Waals surface area contributed by atoms with Gasteiger partial charge in [0.05, 0.1) is 12.0 Å². The third kappa shape index (κ3) is 5.00. The molecular weight excluding hydrogens is 216 g/mol. The summed E-state index contributed by atoms with van der Waals surface area (Å²) < 4.78 is 5.40. The van der Waals surface area contributed by atoms with Crippen LogP contribution >= 0.6 is 0 Å². The van der Waals surface area contributed by atoms with E-state index in [1.165, 1.54) is 5.56 Å². The number of hydrogen-bond donors (Lipinski definition) is 1. The maximum atomic E-state index is 10.8. The highest BCUT2D eigenvalue weighted by molar-refractivity contribution is 5.73. The predicted molar refractivity (Wildman–Crippen MR) is 67.0 cm³/mol. The average Bonchev–Trinajstić information content (AvgIpc) is 2.29. The van der Waals surface area contributed by atoms with E-state index in [2.05, 4.69) is 12.1 Å². The van der Waals surface area contributed by atoms with Crippen LogP contribution in [0.2, 0.25) is 0 Å². The second-order valence-electron chi connectivity index (χ2n) is 4.83. The minimum Gasteiger partial charge on any atom is -0.481 e. The summed E-state index contributed by atoms with van der Waals surface area (Å²) in [4.78, 5) is 10.8. The lowest BCUT2D eigenvalue weighted by Crippen LogP contribution is -2.29. The van der Waals surface area contributed by atoms with Crippen molar-refractivity contribution < 1.29 is 14.6 Å². The van der Waals surface area contributed by atoms with Crippen LogP contribution in [0.1, 0.15) is 25.8 Å². The molecule has 0 aliphatic rings. The zero-order valence-corrected chi connectivity index (χ0v) is 10.5. The lowest BCUT2D eigenvalue weighted by atomic mass is 9.95. The van der Waals surface area contributed by atoms with E-state index in [0.29, 0.717) is 6.61 Å². The van der Waals surface area contributed by atoms with E-state index in [4.69, 9.17) is 9.84 Å². The number of aliphatic carboxylic acids is 1. The van der Waals surface area contributed by atoms with Crippen LogP contribution in [0.3, 0.4) is 0 Å².